The molecule has 1 aliphatic rings. The van der Waals surface area contributed by atoms with Gasteiger partial charge in [0.05, 0.1) is 17.8 Å². The molecule has 1 aliphatic heterocycles. The van der Waals surface area contributed by atoms with Crippen molar-refractivity contribution in [3.8, 4) is 5.69 Å². The molecule has 2 aromatic rings. The van der Waals surface area contributed by atoms with E-state index < -0.39 is 0 Å². The van der Waals surface area contributed by atoms with Crippen molar-refractivity contribution in [1.29, 1.82) is 0 Å². The van der Waals surface area contributed by atoms with E-state index in [9.17, 15) is 9.18 Å². The summed E-state index contributed by atoms with van der Waals surface area (Å²) >= 11 is 0. The fourth-order valence-corrected chi connectivity index (χ4v) is 2.55. The molecule has 22 heavy (non-hydrogen) atoms. The first-order valence-electron chi connectivity index (χ1n) is 7.37. The third-order valence-electron chi connectivity index (χ3n) is 3.79. The fourth-order valence-electron chi connectivity index (χ4n) is 2.55. The van der Waals surface area contributed by atoms with E-state index in [-0.39, 0.29) is 23.9 Å². The molecule has 3 rings (SSSR count). The van der Waals surface area contributed by atoms with Crippen molar-refractivity contribution in [3.63, 3.8) is 0 Å². The summed E-state index contributed by atoms with van der Waals surface area (Å²) in [7, 11) is 0. The number of amides is 1. The lowest BCUT2D eigenvalue weighted by Gasteiger charge is -2.19. The molecule has 1 amide bonds. The molecule has 1 N–H and O–H groups in total. The first kappa shape index (κ1) is 14.7. The minimum atomic E-state index is -0.306. The van der Waals surface area contributed by atoms with Crippen molar-refractivity contribution in [3.05, 3.63) is 48.0 Å². The van der Waals surface area contributed by atoms with Crippen molar-refractivity contribution < 1.29 is 13.9 Å². The number of carbonyl (C=O) groups is 1. The quantitative estimate of drug-likeness (QED) is 0.943. The zero-order chi connectivity index (χ0) is 15.5. The number of hydrogen-bond donors (Lipinski definition) is 1. The van der Waals surface area contributed by atoms with E-state index >= 15 is 0 Å². The first-order valence-corrected chi connectivity index (χ1v) is 7.37. The number of ether oxygens (including phenoxy) is 1. The normalized spacial score (nSPS) is 19.1. The highest BCUT2D eigenvalue weighted by Gasteiger charge is 2.24. The van der Waals surface area contributed by atoms with Gasteiger partial charge in [-0.3, -0.25) is 4.79 Å². The largest absolute Gasteiger partial charge is 0.376 e. The Morgan fingerprint density at radius 3 is 2.86 bits per heavy atom. The van der Waals surface area contributed by atoms with Crippen LogP contribution in [-0.4, -0.2) is 34.4 Å². The summed E-state index contributed by atoms with van der Waals surface area (Å²) in [6.07, 6.45) is 3.75. The molecule has 6 heteroatoms. The van der Waals surface area contributed by atoms with Crippen LogP contribution in [0.3, 0.4) is 0 Å². The van der Waals surface area contributed by atoms with Crippen LogP contribution in [0.5, 0.6) is 0 Å². The lowest BCUT2D eigenvalue weighted by atomic mass is 10.1. The number of carbonyl (C=O) groups excluding carboxylic acids is 1. The molecule has 0 spiro atoms. The van der Waals surface area contributed by atoms with Gasteiger partial charge in [-0.15, -0.1) is 0 Å². The molecular weight excluding hydrogens is 285 g/mol. The molecule has 0 aliphatic carbocycles. The van der Waals surface area contributed by atoms with Gasteiger partial charge in [0.15, 0.2) is 5.69 Å². The number of nitrogens with zero attached hydrogens (tertiary/aromatic N) is 2. The standard InChI is InChI=1S/C16H18FN3O2/c1-11(15-3-2-10-22-15)18-16(21)14-8-9-20(19-14)13-6-4-12(17)5-7-13/h4-9,11,15H,2-3,10H2,1H3,(H,18,21)/t11-,15+/m1/s1. The summed E-state index contributed by atoms with van der Waals surface area (Å²) in [5, 5.41) is 7.14. The predicted octanol–water partition coefficient (Wildman–Crippen LogP) is 2.31. The highest BCUT2D eigenvalue weighted by Crippen LogP contribution is 2.16. The third kappa shape index (κ3) is 3.17. The van der Waals surface area contributed by atoms with Crippen LogP contribution in [0.15, 0.2) is 36.5 Å². The van der Waals surface area contributed by atoms with Gasteiger partial charge in [0.2, 0.25) is 0 Å². The second-order valence-corrected chi connectivity index (χ2v) is 5.44. The lowest BCUT2D eigenvalue weighted by Crippen LogP contribution is -2.41. The molecule has 0 radical (unpaired) electrons. The second-order valence-electron chi connectivity index (χ2n) is 5.44. The van der Waals surface area contributed by atoms with E-state index in [0.717, 1.165) is 19.4 Å². The Morgan fingerprint density at radius 2 is 2.18 bits per heavy atom. The van der Waals surface area contributed by atoms with Gasteiger partial charge in [0.25, 0.3) is 5.91 Å². The maximum Gasteiger partial charge on any atom is 0.272 e. The van der Waals surface area contributed by atoms with Gasteiger partial charge in [-0.1, -0.05) is 0 Å². The van der Waals surface area contributed by atoms with Crippen molar-refractivity contribution >= 4 is 5.91 Å². The van der Waals surface area contributed by atoms with Gasteiger partial charge in [0, 0.05) is 12.8 Å². The van der Waals surface area contributed by atoms with Crippen LogP contribution in [0.2, 0.25) is 0 Å². The van der Waals surface area contributed by atoms with Crippen LogP contribution in [0.1, 0.15) is 30.3 Å². The topological polar surface area (TPSA) is 56.2 Å². The number of hydrogen-bond acceptors (Lipinski definition) is 3. The molecule has 2 atom stereocenters. The molecular formula is C16H18FN3O2. The minimum absolute atomic E-state index is 0.0500. The molecule has 1 fully saturated rings. The molecule has 2 heterocycles. The highest BCUT2D eigenvalue weighted by atomic mass is 19.1. The van der Waals surface area contributed by atoms with Gasteiger partial charge in [-0.25, -0.2) is 9.07 Å². The number of benzene rings is 1. The smallest absolute Gasteiger partial charge is 0.272 e. The Kier molecular flexibility index (Phi) is 4.20. The summed E-state index contributed by atoms with van der Waals surface area (Å²) < 4.78 is 20.0. The Morgan fingerprint density at radius 1 is 1.41 bits per heavy atom. The maximum atomic E-state index is 12.9. The summed E-state index contributed by atoms with van der Waals surface area (Å²) in [5.74, 6) is -0.539. The zero-order valence-corrected chi connectivity index (χ0v) is 12.3. The van der Waals surface area contributed by atoms with E-state index in [2.05, 4.69) is 10.4 Å². The van der Waals surface area contributed by atoms with E-state index in [0.29, 0.717) is 11.4 Å². The van der Waals surface area contributed by atoms with Crippen molar-refractivity contribution in [1.82, 2.24) is 15.1 Å². The van der Waals surface area contributed by atoms with Gasteiger partial charge in [0.1, 0.15) is 5.82 Å². The lowest BCUT2D eigenvalue weighted by molar-refractivity contribution is 0.0709. The predicted molar refractivity (Wildman–Crippen MR) is 79.4 cm³/mol. The first-order chi connectivity index (χ1) is 10.6. The SMILES string of the molecule is C[C@@H](NC(=O)c1ccn(-c2ccc(F)cc2)n1)[C@@H]1CCCO1. The number of aromatic nitrogens is 2. The van der Waals surface area contributed by atoms with Gasteiger partial charge in [-0.2, -0.15) is 5.10 Å². The zero-order valence-electron chi connectivity index (χ0n) is 12.3. The second kappa shape index (κ2) is 6.27. The molecule has 0 bridgehead atoms. The van der Waals surface area contributed by atoms with Crippen molar-refractivity contribution in [2.24, 2.45) is 0 Å². The molecule has 5 nitrogen and oxygen atoms in total. The Labute approximate surface area is 128 Å². The van der Waals surface area contributed by atoms with Crippen LogP contribution in [0.25, 0.3) is 5.69 Å². The third-order valence-corrected chi connectivity index (χ3v) is 3.79. The van der Waals surface area contributed by atoms with Crippen molar-refractivity contribution in [2.75, 3.05) is 6.61 Å². The summed E-state index contributed by atoms with van der Waals surface area (Å²) in [6, 6.07) is 7.52. The highest BCUT2D eigenvalue weighted by molar-refractivity contribution is 5.92. The van der Waals surface area contributed by atoms with Gasteiger partial charge >= 0.3 is 0 Å². The Bertz CT molecular complexity index is 648. The number of halogens is 1. The van der Waals surface area contributed by atoms with E-state index in [1.54, 1.807) is 29.1 Å². The molecule has 116 valence electrons. The van der Waals surface area contributed by atoms with Gasteiger partial charge < -0.3 is 10.1 Å². The Hall–Kier alpha value is -2.21. The average molecular weight is 303 g/mol. The molecule has 0 saturated carbocycles. The molecule has 1 saturated heterocycles. The summed E-state index contributed by atoms with van der Waals surface area (Å²) in [6.45, 7) is 2.69. The number of rotatable bonds is 4. The van der Waals surface area contributed by atoms with Crippen LogP contribution in [0.4, 0.5) is 4.39 Å². The average Bonchev–Trinajstić information content (AvgIpc) is 3.20. The van der Waals surface area contributed by atoms with E-state index in [4.69, 9.17) is 4.74 Å². The summed E-state index contributed by atoms with van der Waals surface area (Å²) in [5.41, 5.74) is 1.03. The summed E-state index contributed by atoms with van der Waals surface area (Å²) in [4.78, 5) is 12.2. The van der Waals surface area contributed by atoms with Crippen LogP contribution >= 0.6 is 0 Å². The number of nitrogens with one attached hydrogen (secondary N) is 1. The van der Waals surface area contributed by atoms with Crippen LogP contribution in [0, 0.1) is 5.82 Å². The maximum absolute atomic E-state index is 12.9. The molecule has 0 unspecified atom stereocenters. The monoisotopic (exact) mass is 303 g/mol. The van der Waals surface area contributed by atoms with E-state index in [1.807, 2.05) is 6.92 Å². The van der Waals surface area contributed by atoms with Crippen LogP contribution < -0.4 is 5.32 Å². The van der Waals surface area contributed by atoms with E-state index in [1.165, 1.54) is 12.1 Å². The van der Waals surface area contributed by atoms with Crippen molar-refractivity contribution in [2.45, 2.75) is 31.9 Å². The molecule has 1 aromatic carbocycles. The van der Waals surface area contributed by atoms with Gasteiger partial charge in [-0.05, 0) is 50.1 Å². The van der Waals surface area contributed by atoms with Crippen LogP contribution in [-0.2, 0) is 4.74 Å². The minimum Gasteiger partial charge on any atom is -0.376 e. The fraction of sp³-hybridized carbons (Fsp3) is 0.375. The Balaban J connectivity index is 1.67. The molecule has 1 aromatic heterocycles.